The summed E-state index contributed by atoms with van der Waals surface area (Å²) in [5, 5.41) is 0. The third-order valence-electron chi connectivity index (χ3n) is 3.54. The molecule has 0 aliphatic rings. The van der Waals surface area contributed by atoms with E-state index in [1.165, 1.54) is 6.07 Å². The first kappa shape index (κ1) is 14.5. The highest BCUT2D eigenvalue weighted by molar-refractivity contribution is 5.50. The molecule has 0 saturated carbocycles. The number of benzene rings is 2. The lowest BCUT2D eigenvalue weighted by atomic mass is 9.93. The third-order valence-corrected chi connectivity index (χ3v) is 3.54. The van der Waals surface area contributed by atoms with Crippen LogP contribution in [0.15, 0.2) is 36.4 Å². The maximum Gasteiger partial charge on any atom is 0.128 e. The Kier molecular flexibility index (Phi) is 4.09. The van der Waals surface area contributed by atoms with Gasteiger partial charge < -0.3 is 10.6 Å². The first-order chi connectivity index (χ1) is 9.40. The van der Waals surface area contributed by atoms with Crippen molar-refractivity contribution in [3.8, 4) is 0 Å². The van der Waals surface area contributed by atoms with Gasteiger partial charge in [0.25, 0.3) is 0 Å². The number of hydrogen-bond acceptors (Lipinski definition) is 2. The van der Waals surface area contributed by atoms with Crippen LogP contribution < -0.4 is 10.6 Å². The lowest BCUT2D eigenvalue weighted by molar-refractivity contribution is 0.596. The zero-order valence-electron chi connectivity index (χ0n) is 12.4. The minimum Gasteiger partial charge on any atom is -0.378 e. The van der Waals surface area contributed by atoms with E-state index in [0.717, 1.165) is 22.4 Å². The van der Waals surface area contributed by atoms with E-state index in [4.69, 9.17) is 5.73 Å². The van der Waals surface area contributed by atoms with Gasteiger partial charge >= 0.3 is 0 Å². The van der Waals surface area contributed by atoms with E-state index in [2.05, 4.69) is 0 Å². The normalized spacial score (nSPS) is 12.3. The smallest absolute Gasteiger partial charge is 0.128 e. The Labute approximate surface area is 120 Å². The molecule has 0 heterocycles. The van der Waals surface area contributed by atoms with Crippen molar-refractivity contribution in [3.63, 3.8) is 0 Å². The van der Waals surface area contributed by atoms with Crippen molar-refractivity contribution in [2.24, 2.45) is 5.73 Å². The molecule has 2 rings (SSSR count). The van der Waals surface area contributed by atoms with Crippen LogP contribution in [0.5, 0.6) is 0 Å². The van der Waals surface area contributed by atoms with Gasteiger partial charge in [0.15, 0.2) is 0 Å². The molecule has 0 fully saturated rings. The van der Waals surface area contributed by atoms with E-state index < -0.39 is 6.04 Å². The summed E-state index contributed by atoms with van der Waals surface area (Å²) in [5.74, 6) is -0.231. The summed E-state index contributed by atoms with van der Waals surface area (Å²) in [6.07, 6.45) is 0. The summed E-state index contributed by atoms with van der Waals surface area (Å²) in [6, 6.07) is 11.0. The molecular formula is C17H21FN2. The number of nitrogens with zero attached hydrogens (tertiary/aromatic N) is 1. The van der Waals surface area contributed by atoms with Crippen molar-refractivity contribution in [1.29, 1.82) is 0 Å². The topological polar surface area (TPSA) is 29.3 Å². The summed E-state index contributed by atoms with van der Waals surface area (Å²) in [4.78, 5) is 2.01. The second-order valence-electron chi connectivity index (χ2n) is 5.44. The van der Waals surface area contributed by atoms with E-state index in [0.29, 0.717) is 5.56 Å². The van der Waals surface area contributed by atoms with Gasteiger partial charge in [-0.1, -0.05) is 18.2 Å². The molecule has 3 heteroatoms. The number of hydrogen-bond donors (Lipinski definition) is 1. The van der Waals surface area contributed by atoms with Crippen LogP contribution in [-0.4, -0.2) is 14.1 Å². The van der Waals surface area contributed by atoms with Crippen LogP contribution in [0.3, 0.4) is 0 Å². The summed E-state index contributed by atoms with van der Waals surface area (Å²) >= 11 is 0. The highest BCUT2D eigenvalue weighted by Crippen LogP contribution is 2.28. The van der Waals surface area contributed by atoms with Gasteiger partial charge in [-0.25, -0.2) is 4.39 Å². The fraction of sp³-hybridized carbons (Fsp3) is 0.294. The number of anilines is 1. The molecule has 0 aliphatic carbocycles. The van der Waals surface area contributed by atoms with E-state index in [1.807, 2.05) is 63.2 Å². The van der Waals surface area contributed by atoms with Crippen LogP contribution in [0.2, 0.25) is 0 Å². The Hall–Kier alpha value is -1.87. The lowest BCUT2D eigenvalue weighted by Gasteiger charge is -2.19. The highest BCUT2D eigenvalue weighted by atomic mass is 19.1. The van der Waals surface area contributed by atoms with E-state index >= 15 is 0 Å². The van der Waals surface area contributed by atoms with Crippen LogP contribution in [0.4, 0.5) is 10.1 Å². The molecule has 20 heavy (non-hydrogen) atoms. The average Bonchev–Trinajstić information content (AvgIpc) is 2.37. The molecule has 1 unspecified atom stereocenters. The first-order valence-electron chi connectivity index (χ1n) is 6.69. The summed E-state index contributed by atoms with van der Waals surface area (Å²) in [6.45, 7) is 3.79. The predicted octanol–water partition coefficient (Wildman–Crippen LogP) is 3.56. The molecular weight excluding hydrogens is 251 g/mol. The van der Waals surface area contributed by atoms with Gasteiger partial charge in [0.05, 0.1) is 6.04 Å². The lowest BCUT2D eigenvalue weighted by Crippen LogP contribution is -2.16. The molecule has 0 aromatic heterocycles. The molecule has 0 amide bonds. The molecule has 0 aliphatic heterocycles. The Bertz CT molecular complexity index is 597. The molecule has 0 spiro atoms. The van der Waals surface area contributed by atoms with Gasteiger partial charge in [0.2, 0.25) is 0 Å². The van der Waals surface area contributed by atoms with Gasteiger partial charge in [-0.3, -0.25) is 0 Å². The second kappa shape index (κ2) is 5.63. The monoisotopic (exact) mass is 272 g/mol. The second-order valence-corrected chi connectivity index (χ2v) is 5.44. The molecule has 2 aromatic rings. The van der Waals surface area contributed by atoms with Crippen LogP contribution in [0, 0.1) is 19.7 Å². The molecule has 106 valence electrons. The highest BCUT2D eigenvalue weighted by Gasteiger charge is 2.17. The summed E-state index contributed by atoms with van der Waals surface area (Å²) in [5.41, 5.74) is 10.6. The maximum absolute atomic E-state index is 14.2. The Morgan fingerprint density at radius 2 is 1.80 bits per heavy atom. The number of rotatable bonds is 3. The number of nitrogens with two attached hydrogens (primary N) is 1. The van der Waals surface area contributed by atoms with Crippen molar-refractivity contribution < 1.29 is 4.39 Å². The molecule has 2 nitrogen and oxygen atoms in total. The van der Waals surface area contributed by atoms with Gasteiger partial charge in [0, 0.05) is 25.3 Å². The fourth-order valence-corrected chi connectivity index (χ4v) is 2.48. The van der Waals surface area contributed by atoms with Gasteiger partial charge in [-0.05, 0) is 48.7 Å². The molecule has 0 saturated heterocycles. The minimum atomic E-state index is -0.449. The van der Waals surface area contributed by atoms with Crippen molar-refractivity contribution in [1.82, 2.24) is 0 Å². The number of aryl methyl sites for hydroxylation is 2. The molecule has 2 aromatic carbocycles. The third kappa shape index (κ3) is 2.83. The Morgan fingerprint density at radius 1 is 1.10 bits per heavy atom. The fourth-order valence-electron chi connectivity index (χ4n) is 2.48. The van der Waals surface area contributed by atoms with Crippen molar-refractivity contribution in [2.45, 2.75) is 19.9 Å². The van der Waals surface area contributed by atoms with Crippen LogP contribution >= 0.6 is 0 Å². The molecule has 2 N–H and O–H groups in total. The van der Waals surface area contributed by atoms with Gasteiger partial charge in [-0.2, -0.15) is 0 Å². The molecule has 1 atom stereocenters. The van der Waals surface area contributed by atoms with E-state index in [1.54, 1.807) is 0 Å². The van der Waals surface area contributed by atoms with E-state index in [9.17, 15) is 4.39 Å². The SMILES string of the molecule is Cc1cc(C)c(C(N)c2cccc(N(C)C)c2)c(F)c1. The van der Waals surface area contributed by atoms with Crippen molar-refractivity contribution in [2.75, 3.05) is 19.0 Å². The maximum atomic E-state index is 14.2. The van der Waals surface area contributed by atoms with Crippen molar-refractivity contribution >= 4 is 5.69 Å². The van der Waals surface area contributed by atoms with Gasteiger partial charge in [-0.15, -0.1) is 0 Å². The molecule has 0 bridgehead atoms. The van der Waals surface area contributed by atoms with E-state index in [-0.39, 0.29) is 5.82 Å². The average molecular weight is 272 g/mol. The van der Waals surface area contributed by atoms with Crippen LogP contribution in [0.25, 0.3) is 0 Å². The predicted molar refractivity (Wildman–Crippen MR) is 82.7 cm³/mol. The molecule has 0 radical (unpaired) electrons. The minimum absolute atomic E-state index is 0.231. The van der Waals surface area contributed by atoms with Gasteiger partial charge in [0.1, 0.15) is 5.82 Å². The zero-order valence-corrected chi connectivity index (χ0v) is 12.4. The Morgan fingerprint density at radius 3 is 2.40 bits per heavy atom. The zero-order chi connectivity index (χ0) is 14.9. The quantitative estimate of drug-likeness (QED) is 0.925. The summed E-state index contributed by atoms with van der Waals surface area (Å²) in [7, 11) is 3.95. The standard InChI is InChI=1S/C17H21FN2/c1-11-8-12(2)16(15(18)9-11)17(19)13-6-5-7-14(10-13)20(3)4/h5-10,17H,19H2,1-4H3. The van der Waals surface area contributed by atoms with Crippen LogP contribution in [0.1, 0.15) is 28.3 Å². The summed E-state index contributed by atoms with van der Waals surface area (Å²) < 4.78 is 14.2. The van der Waals surface area contributed by atoms with Crippen LogP contribution in [-0.2, 0) is 0 Å². The number of halogens is 1. The largest absolute Gasteiger partial charge is 0.378 e. The van der Waals surface area contributed by atoms with Crippen molar-refractivity contribution in [3.05, 3.63) is 64.5 Å². The Balaban J connectivity index is 2.46. The first-order valence-corrected chi connectivity index (χ1v) is 6.69.